The number of benzene rings is 1. The lowest BCUT2D eigenvalue weighted by Crippen LogP contribution is -2.30. The van der Waals surface area contributed by atoms with Crippen molar-refractivity contribution in [1.82, 2.24) is 5.01 Å². The van der Waals surface area contributed by atoms with Gasteiger partial charge in [-0.3, -0.25) is 19.7 Å². The van der Waals surface area contributed by atoms with Crippen LogP contribution in [0.1, 0.15) is 18.4 Å². The first-order valence-corrected chi connectivity index (χ1v) is 9.41. The van der Waals surface area contributed by atoms with E-state index in [0.717, 1.165) is 24.1 Å². The zero-order valence-corrected chi connectivity index (χ0v) is 15.5. The highest BCUT2D eigenvalue weighted by molar-refractivity contribution is 9.10. The summed E-state index contributed by atoms with van der Waals surface area (Å²) in [7, 11) is 0. The molecule has 1 spiro atoms. The third-order valence-corrected chi connectivity index (χ3v) is 6.88. The van der Waals surface area contributed by atoms with Crippen LogP contribution in [0, 0.1) is 39.2 Å². The largest absolute Gasteiger partial charge is 0.502 e. The number of hydrogen-bond acceptors (Lipinski definition) is 6. The van der Waals surface area contributed by atoms with Gasteiger partial charge in [-0.1, -0.05) is 28.1 Å². The molecule has 2 amide bonds. The standard InChI is InChI=1S/C18H14BrN3O5/c19-9-5-8(15(23)12(6-9)22(26)27)7-20-21-16(24)13-10-1-2-11(14(13)17(21)25)18(10)3-4-18/h1-2,5-7,10-11,13-14,23H,3-4H2/b20-7-/t10-,11+,13-,14-/m0/s1. The van der Waals surface area contributed by atoms with Crippen molar-refractivity contribution in [2.24, 2.45) is 34.2 Å². The van der Waals surface area contributed by atoms with Crippen molar-refractivity contribution in [3.63, 3.8) is 0 Å². The van der Waals surface area contributed by atoms with Crippen molar-refractivity contribution in [2.45, 2.75) is 12.8 Å². The molecule has 138 valence electrons. The maximum atomic E-state index is 12.8. The molecule has 2 bridgehead atoms. The lowest BCUT2D eigenvalue weighted by molar-refractivity contribution is -0.385. The van der Waals surface area contributed by atoms with Crippen LogP contribution in [0.2, 0.25) is 0 Å². The Balaban J connectivity index is 1.46. The van der Waals surface area contributed by atoms with Crippen molar-refractivity contribution in [3.05, 3.63) is 44.4 Å². The first kappa shape index (κ1) is 16.6. The number of carbonyl (C=O) groups is 2. The monoisotopic (exact) mass is 431 g/mol. The molecule has 9 heteroatoms. The molecule has 0 radical (unpaired) electrons. The Bertz CT molecular complexity index is 949. The van der Waals surface area contributed by atoms with Gasteiger partial charge in [0.1, 0.15) is 0 Å². The second kappa shape index (κ2) is 5.25. The van der Waals surface area contributed by atoms with Crippen LogP contribution in [0.3, 0.4) is 0 Å². The van der Waals surface area contributed by atoms with Crippen LogP contribution in [-0.4, -0.2) is 33.1 Å². The first-order valence-electron chi connectivity index (χ1n) is 8.62. The van der Waals surface area contributed by atoms with Gasteiger partial charge in [-0.25, -0.2) is 0 Å². The molecule has 4 atom stereocenters. The normalized spacial score (nSPS) is 32.1. The van der Waals surface area contributed by atoms with E-state index < -0.39 is 16.4 Å². The zero-order chi connectivity index (χ0) is 19.1. The summed E-state index contributed by atoms with van der Waals surface area (Å²) in [4.78, 5) is 36.0. The van der Waals surface area contributed by atoms with E-state index in [1.807, 2.05) is 0 Å². The van der Waals surface area contributed by atoms with E-state index in [1.54, 1.807) is 0 Å². The van der Waals surface area contributed by atoms with Gasteiger partial charge in [-0.15, -0.1) is 0 Å². The summed E-state index contributed by atoms with van der Waals surface area (Å²) in [5.74, 6) is -1.74. The third-order valence-electron chi connectivity index (χ3n) is 6.42. The highest BCUT2D eigenvalue weighted by Crippen LogP contribution is 2.73. The van der Waals surface area contributed by atoms with Gasteiger partial charge in [0, 0.05) is 16.1 Å². The average molecular weight is 432 g/mol. The molecule has 27 heavy (non-hydrogen) atoms. The number of hydrogen-bond donors (Lipinski definition) is 1. The van der Waals surface area contributed by atoms with Crippen molar-refractivity contribution in [2.75, 3.05) is 0 Å². The van der Waals surface area contributed by atoms with Gasteiger partial charge in [0.25, 0.3) is 11.8 Å². The number of halogens is 1. The number of aromatic hydroxyl groups is 1. The first-order chi connectivity index (χ1) is 12.8. The average Bonchev–Trinajstić information content (AvgIpc) is 3.22. The number of rotatable bonds is 3. The van der Waals surface area contributed by atoms with Gasteiger partial charge >= 0.3 is 5.69 Å². The van der Waals surface area contributed by atoms with E-state index in [4.69, 9.17) is 0 Å². The number of phenols is 1. The smallest absolute Gasteiger partial charge is 0.312 e. The number of amides is 2. The van der Waals surface area contributed by atoms with Gasteiger partial charge in [-0.2, -0.15) is 10.1 Å². The molecule has 1 aromatic carbocycles. The van der Waals surface area contributed by atoms with Gasteiger partial charge in [0.15, 0.2) is 0 Å². The fourth-order valence-electron chi connectivity index (χ4n) is 5.14. The summed E-state index contributed by atoms with van der Waals surface area (Å²) < 4.78 is 0.377. The van der Waals surface area contributed by atoms with Gasteiger partial charge in [0.2, 0.25) is 5.75 Å². The highest BCUT2D eigenvalue weighted by atomic mass is 79.9. The minimum atomic E-state index is -0.716. The highest BCUT2D eigenvalue weighted by Gasteiger charge is 2.73. The number of nitro groups is 1. The van der Waals surface area contributed by atoms with Crippen LogP contribution >= 0.6 is 15.9 Å². The zero-order valence-electron chi connectivity index (χ0n) is 13.9. The summed E-state index contributed by atoms with van der Waals surface area (Å²) in [6.07, 6.45) is 7.37. The summed E-state index contributed by atoms with van der Waals surface area (Å²) in [6, 6.07) is 2.60. The molecule has 0 unspecified atom stereocenters. The van der Waals surface area contributed by atoms with Gasteiger partial charge < -0.3 is 5.11 Å². The summed E-state index contributed by atoms with van der Waals surface area (Å²) in [5, 5.41) is 25.9. The topological polar surface area (TPSA) is 113 Å². The summed E-state index contributed by atoms with van der Waals surface area (Å²) in [6.45, 7) is 0. The Morgan fingerprint density at radius 3 is 2.33 bits per heavy atom. The van der Waals surface area contributed by atoms with Crippen LogP contribution in [0.5, 0.6) is 5.75 Å². The van der Waals surface area contributed by atoms with Crippen molar-refractivity contribution < 1.29 is 19.6 Å². The van der Waals surface area contributed by atoms with Gasteiger partial charge in [-0.05, 0) is 36.2 Å². The van der Waals surface area contributed by atoms with Crippen molar-refractivity contribution in [3.8, 4) is 5.75 Å². The van der Waals surface area contributed by atoms with E-state index >= 15 is 0 Å². The number of phenolic OH excluding ortho intramolecular Hbond substituents is 1. The SMILES string of the molecule is O=C1[C@@H]2[C@@H](C(=O)N1/N=C\c1cc(Br)cc([N+](=O)[O-])c1O)[C@@H]1C=C[C@H]2C12CC2. The van der Waals surface area contributed by atoms with Gasteiger partial charge in [0.05, 0.1) is 23.0 Å². The Hall–Kier alpha value is -2.55. The van der Waals surface area contributed by atoms with E-state index in [2.05, 4.69) is 33.2 Å². The number of carbonyl (C=O) groups excluding carboxylic acids is 2. The summed E-state index contributed by atoms with van der Waals surface area (Å²) in [5.41, 5.74) is -0.326. The van der Waals surface area contributed by atoms with Crippen LogP contribution in [0.15, 0.2) is 33.9 Å². The number of hydrazone groups is 1. The number of allylic oxidation sites excluding steroid dienone is 2. The molecular weight excluding hydrogens is 418 g/mol. The van der Waals surface area contributed by atoms with E-state index in [-0.39, 0.29) is 46.5 Å². The molecule has 2 saturated carbocycles. The molecule has 3 fully saturated rings. The number of imide groups is 1. The van der Waals surface area contributed by atoms with Crippen molar-refractivity contribution >= 4 is 39.6 Å². The maximum Gasteiger partial charge on any atom is 0.312 e. The second-order valence-electron chi connectivity index (χ2n) is 7.57. The fourth-order valence-corrected chi connectivity index (χ4v) is 5.60. The molecule has 8 nitrogen and oxygen atoms in total. The molecule has 1 aliphatic heterocycles. The second-order valence-corrected chi connectivity index (χ2v) is 8.49. The van der Waals surface area contributed by atoms with Crippen molar-refractivity contribution in [1.29, 1.82) is 0 Å². The van der Waals surface area contributed by atoms with Crippen LogP contribution < -0.4 is 0 Å². The van der Waals surface area contributed by atoms with E-state index in [0.29, 0.717) is 4.47 Å². The third kappa shape index (κ3) is 2.06. The summed E-state index contributed by atoms with van der Waals surface area (Å²) >= 11 is 3.14. The Morgan fingerprint density at radius 2 is 1.81 bits per heavy atom. The molecule has 5 rings (SSSR count). The minimum absolute atomic E-state index is 0.0495. The number of nitrogens with zero attached hydrogens (tertiary/aromatic N) is 3. The molecule has 1 saturated heterocycles. The Kier molecular flexibility index (Phi) is 3.23. The minimum Gasteiger partial charge on any atom is -0.502 e. The predicted molar refractivity (Wildman–Crippen MR) is 96.7 cm³/mol. The van der Waals surface area contributed by atoms with Crippen LogP contribution in [-0.2, 0) is 9.59 Å². The van der Waals surface area contributed by atoms with Crippen LogP contribution in [0.25, 0.3) is 0 Å². The molecule has 1 N–H and O–H groups in total. The molecule has 0 aromatic heterocycles. The fraction of sp³-hybridized carbons (Fsp3) is 0.389. The van der Waals surface area contributed by atoms with E-state index in [9.17, 15) is 24.8 Å². The molecule has 4 aliphatic rings. The molecule has 1 aromatic rings. The Labute approximate surface area is 161 Å². The number of nitro benzene ring substituents is 1. The van der Waals surface area contributed by atoms with Crippen LogP contribution in [0.4, 0.5) is 5.69 Å². The quantitative estimate of drug-likeness (QED) is 0.259. The van der Waals surface area contributed by atoms with E-state index in [1.165, 1.54) is 12.1 Å². The predicted octanol–water partition coefficient (Wildman–Crippen LogP) is 2.59. The molecule has 3 aliphatic carbocycles. The molecular formula is C18H14BrN3O5. The lowest BCUT2D eigenvalue weighted by Gasteiger charge is -2.18. The molecule has 1 heterocycles. The Morgan fingerprint density at radius 1 is 1.22 bits per heavy atom. The lowest BCUT2D eigenvalue weighted by atomic mass is 9.85. The maximum absolute atomic E-state index is 12.8. The number of fused-ring (bicyclic) bond motifs is 3.